The number of hydrogen-bond donors (Lipinski definition) is 3. The zero-order chi connectivity index (χ0) is 15.9. The minimum Gasteiger partial charge on any atom is -0.508 e. The monoisotopic (exact) mass is 296 g/mol. The van der Waals surface area contributed by atoms with Crippen LogP contribution in [0.4, 0.5) is 5.69 Å². The lowest BCUT2D eigenvalue weighted by Crippen LogP contribution is -2.34. The third kappa shape index (κ3) is 2.14. The number of rotatable bonds is 1. The molecule has 6 heteroatoms. The third-order valence-corrected chi connectivity index (χ3v) is 3.61. The predicted octanol–water partition coefficient (Wildman–Crippen LogP) is 1.30. The second-order valence-electron chi connectivity index (χ2n) is 5.01. The fourth-order valence-corrected chi connectivity index (χ4v) is 2.52. The highest BCUT2D eigenvalue weighted by Gasteiger charge is 2.35. The number of fused-ring (bicyclic) bond motifs is 1. The van der Waals surface area contributed by atoms with Crippen LogP contribution in [0.1, 0.15) is 0 Å². The third-order valence-electron chi connectivity index (χ3n) is 3.61. The second kappa shape index (κ2) is 5.06. The van der Waals surface area contributed by atoms with Crippen molar-refractivity contribution in [1.29, 1.82) is 5.26 Å². The number of Topliss-reactive ketones (excluding diaryl/α,β-unsaturated/α-hetero) is 1. The van der Waals surface area contributed by atoms with Crippen molar-refractivity contribution < 1.29 is 20.1 Å². The van der Waals surface area contributed by atoms with Gasteiger partial charge in [-0.3, -0.25) is 4.79 Å². The molecule has 0 amide bonds. The van der Waals surface area contributed by atoms with Gasteiger partial charge < -0.3 is 20.2 Å². The molecule has 0 saturated heterocycles. The molecule has 110 valence electrons. The van der Waals surface area contributed by atoms with Gasteiger partial charge in [0.15, 0.2) is 5.78 Å². The SMILES string of the molecule is N#CC1=C2C(=O)C(O)C=C(O)C2=CN(c2ccc(O)cc2)C1. The van der Waals surface area contributed by atoms with Crippen LogP contribution in [-0.4, -0.2) is 33.8 Å². The van der Waals surface area contributed by atoms with Crippen molar-refractivity contribution in [1.82, 2.24) is 0 Å². The van der Waals surface area contributed by atoms with Crippen LogP contribution in [0.2, 0.25) is 0 Å². The van der Waals surface area contributed by atoms with Gasteiger partial charge >= 0.3 is 0 Å². The van der Waals surface area contributed by atoms with Gasteiger partial charge in [-0.2, -0.15) is 5.26 Å². The Labute approximate surface area is 126 Å². The summed E-state index contributed by atoms with van der Waals surface area (Å²) in [6, 6.07) is 8.29. The molecule has 22 heavy (non-hydrogen) atoms. The summed E-state index contributed by atoms with van der Waals surface area (Å²) < 4.78 is 0. The number of nitriles is 1. The summed E-state index contributed by atoms with van der Waals surface area (Å²) in [7, 11) is 0. The van der Waals surface area contributed by atoms with Crippen LogP contribution in [0.5, 0.6) is 5.75 Å². The quantitative estimate of drug-likeness (QED) is 0.721. The van der Waals surface area contributed by atoms with Gasteiger partial charge in [0.05, 0.1) is 18.2 Å². The van der Waals surface area contributed by atoms with Crippen molar-refractivity contribution >= 4 is 11.5 Å². The lowest BCUT2D eigenvalue weighted by molar-refractivity contribution is -0.121. The molecule has 1 atom stereocenters. The van der Waals surface area contributed by atoms with Crippen molar-refractivity contribution in [3.8, 4) is 11.8 Å². The topological polar surface area (TPSA) is 105 Å². The predicted molar refractivity (Wildman–Crippen MR) is 77.9 cm³/mol. The van der Waals surface area contributed by atoms with E-state index in [-0.39, 0.29) is 34.8 Å². The number of carbonyl (C=O) groups is 1. The molecule has 0 aromatic heterocycles. The number of carbonyl (C=O) groups excluding carboxylic acids is 1. The van der Waals surface area contributed by atoms with E-state index >= 15 is 0 Å². The average Bonchev–Trinajstić information content (AvgIpc) is 2.52. The van der Waals surface area contributed by atoms with E-state index in [0.717, 1.165) is 6.08 Å². The van der Waals surface area contributed by atoms with Gasteiger partial charge in [-0.1, -0.05) is 0 Å². The summed E-state index contributed by atoms with van der Waals surface area (Å²) in [5.74, 6) is -0.715. The number of aromatic hydroxyl groups is 1. The standard InChI is InChI=1S/C16H12N2O4/c17-6-9-7-18(10-1-3-11(19)4-2-10)8-12-13(20)5-14(21)16(22)15(9)12/h1-5,8,14,19-21H,7H2. The zero-order valence-electron chi connectivity index (χ0n) is 11.4. The summed E-state index contributed by atoms with van der Waals surface area (Å²) >= 11 is 0. The molecule has 1 aliphatic heterocycles. The van der Waals surface area contributed by atoms with Crippen LogP contribution in [0.25, 0.3) is 0 Å². The molecule has 1 aliphatic carbocycles. The molecule has 6 nitrogen and oxygen atoms in total. The first-order chi connectivity index (χ1) is 10.5. The van der Waals surface area contributed by atoms with Gasteiger partial charge in [0.1, 0.15) is 17.6 Å². The average molecular weight is 296 g/mol. The maximum Gasteiger partial charge on any atom is 0.197 e. The van der Waals surface area contributed by atoms with Gasteiger partial charge in [0.25, 0.3) is 0 Å². The van der Waals surface area contributed by atoms with Gasteiger partial charge in [0, 0.05) is 23.0 Å². The number of hydrogen-bond acceptors (Lipinski definition) is 6. The largest absolute Gasteiger partial charge is 0.508 e. The van der Waals surface area contributed by atoms with Crippen LogP contribution in [-0.2, 0) is 4.79 Å². The van der Waals surface area contributed by atoms with E-state index in [2.05, 4.69) is 0 Å². The number of phenolic OH excluding ortho intramolecular Hbond substituents is 1. The van der Waals surface area contributed by atoms with Crippen LogP contribution in [0.3, 0.4) is 0 Å². The smallest absolute Gasteiger partial charge is 0.197 e. The molecule has 1 unspecified atom stereocenters. The molecule has 0 fully saturated rings. The molecule has 3 N–H and O–H groups in total. The van der Waals surface area contributed by atoms with Crippen molar-refractivity contribution in [3.05, 3.63) is 59.0 Å². The summed E-state index contributed by atoms with van der Waals surface area (Å²) in [4.78, 5) is 13.7. The Morgan fingerprint density at radius 2 is 1.91 bits per heavy atom. The Hall–Kier alpha value is -3.04. The van der Waals surface area contributed by atoms with E-state index in [1.54, 1.807) is 23.2 Å². The first-order valence-corrected chi connectivity index (χ1v) is 6.56. The van der Waals surface area contributed by atoms with Crippen molar-refractivity contribution in [2.75, 3.05) is 11.4 Å². The normalized spacial score (nSPS) is 21.0. The van der Waals surface area contributed by atoms with Gasteiger partial charge in [-0.05, 0) is 30.3 Å². The number of ketones is 1. The molecular weight excluding hydrogens is 284 g/mol. The highest BCUT2D eigenvalue weighted by atomic mass is 16.3. The van der Waals surface area contributed by atoms with Crippen molar-refractivity contribution in [2.45, 2.75) is 6.10 Å². The Morgan fingerprint density at radius 3 is 2.55 bits per heavy atom. The van der Waals surface area contributed by atoms with Crippen molar-refractivity contribution in [3.63, 3.8) is 0 Å². The molecule has 3 rings (SSSR count). The van der Waals surface area contributed by atoms with Crippen molar-refractivity contribution in [2.24, 2.45) is 0 Å². The Balaban J connectivity index is 2.10. The summed E-state index contributed by atoms with van der Waals surface area (Å²) in [6.07, 6.45) is 1.17. The van der Waals surface area contributed by atoms with Crippen LogP contribution in [0, 0.1) is 11.3 Å². The van der Waals surface area contributed by atoms with E-state index in [4.69, 9.17) is 0 Å². The number of benzene rings is 1. The molecule has 2 aliphatic rings. The molecular formula is C16H12N2O4. The Bertz CT molecular complexity index is 781. The van der Waals surface area contributed by atoms with E-state index in [0.29, 0.717) is 5.69 Å². The summed E-state index contributed by atoms with van der Waals surface area (Å²) in [6.45, 7) is 0.145. The lowest BCUT2D eigenvalue weighted by atomic mass is 9.85. The van der Waals surface area contributed by atoms with Crippen LogP contribution >= 0.6 is 0 Å². The minimum atomic E-state index is -1.43. The highest BCUT2D eigenvalue weighted by Crippen LogP contribution is 2.34. The maximum absolute atomic E-state index is 12.1. The molecule has 1 aromatic carbocycles. The zero-order valence-corrected chi connectivity index (χ0v) is 11.4. The van der Waals surface area contributed by atoms with Gasteiger partial charge in [-0.15, -0.1) is 0 Å². The van der Waals surface area contributed by atoms with E-state index in [1.165, 1.54) is 12.1 Å². The van der Waals surface area contributed by atoms with Crippen LogP contribution < -0.4 is 4.90 Å². The molecule has 0 bridgehead atoms. The Morgan fingerprint density at radius 1 is 1.23 bits per heavy atom. The second-order valence-corrected chi connectivity index (χ2v) is 5.01. The molecule has 1 aromatic rings. The molecule has 0 spiro atoms. The molecule has 0 radical (unpaired) electrons. The number of aliphatic hydroxyl groups is 2. The van der Waals surface area contributed by atoms with E-state index in [1.807, 2.05) is 6.07 Å². The van der Waals surface area contributed by atoms with E-state index in [9.17, 15) is 25.4 Å². The van der Waals surface area contributed by atoms with E-state index < -0.39 is 11.9 Å². The number of anilines is 1. The number of nitrogens with zero attached hydrogens (tertiary/aromatic N) is 2. The Kier molecular flexibility index (Phi) is 3.20. The minimum absolute atomic E-state index is 0.0602. The highest BCUT2D eigenvalue weighted by molar-refractivity contribution is 6.08. The van der Waals surface area contributed by atoms with Gasteiger partial charge in [-0.25, -0.2) is 0 Å². The first-order valence-electron chi connectivity index (χ1n) is 6.56. The number of aliphatic hydroxyl groups excluding tert-OH is 2. The summed E-state index contributed by atoms with van der Waals surface area (Å²) in [5.41, 5.74) is 1.15. The maximum atomic E-state index is 12.1. The number of allylic oxidation sites excluding steroid dienone is 1. The fourth-order valence-electron chi connectivity index (χ4n) is 2.52. The summed E-state index contributed by atoms with van der Waals surface area (Å²) in [5, 5.41) is 38.2. The van der Waals surface area contributed by atoms with Crippen LogP contribution in [0.15, 0.2) is 59.0 Å². The lowest BCUT2D eigenvalue weighted by Gasteiger charge is -2.30. The number of phenols is 1. The molecule has 0 saturated carbocycles. The first kappa shape index (κ1) is 13.9. The molecule has 1 heterocycles. The van der Waals surface area contributed by atoms with Gasteiger partial charge in [0.2, 0.25) is 0 Å². The fraction of sp³-hybridized carbons (Fsp3) is 0.125.